The SMILES string of the molecule is COC1C(OP(C)(=O)S)C(CNP(=O)(O)O)OC1n1ccc(=O)[nH]c1=O. The number of hydrogen-bond donors (Lipinski definition) is 5. The van der Waals surface area contributed by atoms with Crippen LogP contribution in [0.15, 0.2) is 21.9 Å². The number of rotatable bonds is 7. The molecule has 1 fully saturated rings. The van der Waals surface area contributed by atoms with E-state index in [9.17, 15) is 18.7 Å². The van der Waals surface area contributed by atoms with Gasteiger partial charge in [0.2, 0.25) is 0 Å². The van der Waals surface area contributed by atoms with E-state index in [-0.39, 0.29) is 6.54 Å². The molecule has 12 nitrogen and oxygen atoms in total. The summed E-state index contributed by atoms with van der Waals surface area (Å²) in [5.41, 5.74) is -1.39. The fourth-order valence-electron chi connectivity index (χ4n) is 2.54. The van der Waals surface area contributed by atoms with Gasteiger partial charge >= 0.3 is 13.4 Å². The van der Waals surface area contributed by atoms with Crippen LogP contribution < -0.4 is 16.3 Å². The summed E-state index contributed by atoms with van der Waals surface area (Å²) in [4.78, 5) is 43.3. The van der Waals surface area contributed by atoms with Crippen molar-refractivity contribution >= 4 is 26.6 Å². The molecule has 0 saturated carbocycles. The highest BCUT2D eigenvalue weighted by Gasteiger charge is 2.49. The lowest BCUT2D eigenvalue weighted by molar-refractivity contribution is -0.0524. The second-order valence-corrected chi connectivity index (χ2v) is 11.0. The molecule has 15 heteroatoms. The Kier molecular flexibility index (Phi) is 6.71. The van der Waals surface area contributed by atoms with E-state index in [1.807, 2.05) is 5.09 Å². The molecule has 26 heavy (non-hydrogen) atoms. The quantitative estimate of drug-likeness (QED) is 0.274. The van der Waals surface area contributed by atoms with Gasteiger partial charge in [-0.25, -0.2) is 14.4 Å². The molecule has 1 aromatic heterocycles. The number of hydrogen-bond acceptors (Lipinski definition) is 7. The van der Waals surface area contributed by atoms with E-state index >= 15 is 0 Å². The summed E-state index contributed by atoms with van der Waals surface area (Å²) in [7, 11) is -3.26. The monoisotopic (exact) mass is 431 g/mol. The number of aromatic amines is 1. The van der Waals surface area contributed by atoms with Crippen molar-refractivity contribution in [2.45, 2.75) is 24.5 Å². The maximum absolute atomic E-state index is 12.0. The number of nitrogens with one attached hydrogen (secondary N) is 2. The van der Waals surface area contributed by atoms with Crippen molar-refractivity contribution in [1.29, 1.82) is 0 Å². The van der Waals surface area contributed by atoms with Gasteiger partial charge in [-0.3, -0.25) is 18.9 Å². The lowest BCUT2D eigenvalue weighted by atomic mass is 10.1. The highest BCUT2D eigenvalue weighted by Crippen LogP contribution is 2.52. The average molecular weight is 431 g/mol. The second-order valence-electron chi connectivity index (χ2n) is 5.56. The van der Waals surface area contributed by atoms with Crippen molar-refractivity contribution in [2.24, 2.45) is 0 Å². The molecule has 1 aliphatic heterocycles. The Balaban J connectivity index is 2.37. The Morgan fingerprint density at radius 2 is 2.04 bits per heavy atom. The molecule has 1 saturated heterocycles. The molecule has 0 aromatic carbocycles. The minimum Gasteiger partial charge on any atom is -0.374 e. The molecule has 0 spiro atoms. The van der Waals surface area contributed by atoms with Crippen LogP contribution in [-0.4, -0.2) is 58.0 Å². The van der Waals surface area contributed by atoms with Crippen LogP contribution in [0.2, 0.25) is 0 Å². The Labute approximate surface area is 152 Å². The van der Waals surface area contributed by atoms with Gasteiger partial charge in [0.1, 0.15) is 18.3 Å². The minimum atomic E-state index is -4.56. The average Bonchev–Trinajstić information content (AvgIpc) is 2.80. The van der Waals surface area contributed by atoms with Gasteiger partial charge in [-0.05, 0) is 0 Å². The van der Waals surface area contributed by atoms with Crippen LogP contribution in [0.3, 0.4) is 0 Å². The van der Waals surface area contributed by atoms with Crippen LogP contribution in [0.1, 0.15) is 6.23 Å². The zero-order valence-electron chi connectivity index (χ0n) is 13.7. The van der Waals surface area contributed by atoms with Crippen molar-refractivity contribution in [1.82, 2.24) is 14.6 Å². The van der Waals surface area contributed by atoms with E-state index in [0.29, 0.717) is 0 Å². The van der Waals surface area contributed by atoms with Crippen molar-refractivity contribution < 1.29 is 32.9 Å². The van der Waals surface area contributed by atoms with Gasteiger partial charge in [0.15, 0.2) is 6.23 Å². The third-order valence-electron chi connectivity index (χ3n) is 3.50. The highest BCUT2D eigenvalue weighted by atomic mass is 32.7. The number of aromatic nitrogens is 2. The first-order valence-electron chi connectivity index (χ1n) is 7.20. The fourth-order valence-corrected chi connectivity index (χ4v) is 3.99. The van der Waals surface area contributed by atoms with Crippen LogP contribution in [0.4, 0.5) is 0 Å². The largest absolute Gasteiger partial charge is 0.400 e. The molecule has 1 aromatic rings. The Morgan fingerprint density at radius 3 is 2.54 bits per heavy atom. The Bertz CT molecular complexity index is 846. The molecule has 0 bridgehead atoms. The maximum atomic E-state index is 12.0. The molecule has 0 radical (unpaired) electrons. The first-order chi connectivity index (χ1) is 11.9. The third-order valence-corrected chi connectivity index (χ3v) is 5.01. The smallest absolute Gasteiger partial charge is 0.374 e. The first kappa shape index (κ1) is 21.5. The molecule has 148 valence electrons. The van der Waals surface area contributed by atoms with Crippen LogP contribution in [0.25, 0.3) is 0 Å². The van der Waals surface area contributed by atoms with Gasteiger partial charge in [0.05, 0.1) is 0 Å². The van der Waals surface area contributed by atoms with E-state index in [2.05, 4.69) is 17.2 Å². The molecule has 2 heterocycles. The van der Waals surface area contributed by atoms with Crippen LogP contribution >= 0.6 is 26.6 Å². The van der Waals surface area contributed by atoms with E-state index in [0.717, 1.165) is 10.6 Å². The summed E-state index contributed by atoms with van der Waals surface area (Å²) in [5.74, 6) is 0. The lowest BCUT2D eigenvalue weighted by Crippen LogP contribution is -2.40. The van der Waals surface area contributed by atoms with Crippen molar-refractivity contribution in [3.05, 3.63) is 33.1 Å². The zero-order valence-corrected chi connectivity index (χ0v) is 16.4. The minimum absolute atomic E-state index is 0.378. The molecule has 0 amide bonds. The molecule has 0 aliphatic carbocycles. The Morgan fingerprint density at radius 1 is 1.38 bits per heavy atom. The Hall–Kier alpha value is -0.750. The zero-order chi connectivity index (χ0) is 19.7. The lowest BCUT2D eigenvalue weighted by Gasteiger charge is -2.25. The van der Waals surface area contributed by atoms with Crippen LogP contribution in [0.5, 0.6) is 0 Å². The van der Waals surface area contributed by atoms with Gasteiger partial charge in [-0.15, -0.1) is 0 Å². The number of methoxy groups -OCH3 is 1. The van der Waals surface area contributed by atoms with Crippen molar-refractivity contribution in [2.75, 3.05) is 20.3 Å². The molecule has 4 N–H and O–H groups in total. The van der Waals surface area contributed by atoms with E-state index < -0.39 is 50.1 Å². The normalized spacial score (nSPS) is 28.8. The van der Waals surface area contributed by atoms with E-state index in [4.69, 9.17) is 23.8 Å². The summed E-state index contributed by atoms with van der Waals surface area (Å²) in [6.07, 6.45) is -2.98. The van der Waals surface area contributed by atoms with Crippen molar-refractivity contribution in [3.63, 3.8) is 0 Å². The molecule has 2 rings (SSSR count). The molecular formula is C11H19N3O9P2S. The summed E-state index contributed by atoms with van der Waals surface area (Å²) in [6.45, 7) is -2.48. The summed E-state index contributed by atoms with van der Waals surface area (Å²) >= 11 is 3.86. The molecular weight excluding hydrogens is 412 g/mol. The predicted molar refractivity (Wildman–Crippen MR) is 93.5 cm³/mol. The second kappa shape index (κ2) is 8.09. The highest BCUT2D eigenvalue weighted by molar-refractivity contribution is 8.46. The van der Waals surface area contributed by atoms with Gasteiger partial charge < -0.3 is 23.8 Å². The standard InChI is InChI=1S/C11H19N3O9P2S/c1-21-9-8(23-24(2,17)26)6(5-12-25(18,19)20)22-10(9)14-4-3-7(15)13-11(14)16/h3-4,6,8-10H,5H2,1-2H3,(H,17,26)(H,13,15,16)(H3,12,18,19,20). The van der Waals surface area contributed by atoms with Gasteiger partial charge in [-0.1, -0.05) is 12.2 Å². The van der Waals surface area contributed by atoms with Crippen molar-refractivity contribution in [3.8, 4) is 0 Å². The molecule has 5 atom stereocenters. The van der Waals surface area contributed by atoms with Gasteiger partial charge in [-0.2, -0.15) is 0 Å². The summed E-state index contributed by atoms with van der Waals surface area (Å²) in [5, 5.41) is 1.97. The first-order valence-corrected chi connectivity index (χ1v) is 12.0. The molecule has 5 unspecified atom stereocenters. The summed E-state index contributed by atoms with van der Waals surface area (Å²) < 4.78 is 40.4. The number of thiol groups is 1. The predicted octanol–water partition coefficient (Wildman–Crippen LogP) is -0.731. The third kappa shape index (κ3) is 5.62. The van der Waals surface area contributed by atoms with Gasteiger partial charge in [0, 0.05) is 32.6 Å². The van der Waals surface area contributed by atoms with E-state index in [1.165, 1.54) is 20.0 Å². The fraction of sp³-hybridized carbons (Fsp3) is 0.636. The maximum Gasteiger partial charge on any atom is 0.400 e. The van der Waals surface area contributed by atoms with Crippen LogP contribution in [0, 0.1) is 0 Å². The van der Waals surface area contributed by atoms with E-state index in [1.54, 1.807) is 0 Å². The van der Waals surface area contributed by atoms with Gasteiger partial charge in [0.25, 0.3) is 12.1 Å². The summed E-state index contributed by atoms with van der Waals surface area (Å²) in [6, 6.07) is 1.10. The topological polar surface area (TPSA) is 169 Å². The number of H-pyrrole nitrogens is 1. The number of nitrogens with zero attached hydrogens (tertiary/aromatic N) is 1. The number of ether oxygens (including phenoxy) is 2. The van der Waals surface area contributed by atoms with Crippen LogP contribution in [-0.2, 0) is 23.1 Å². The molecule has 1 aliphatic rings.